The molecular weight excluding hydrogens is 248 g/mol. The van der Waals surface area contributed by atoms with Gasteiger partial charge in [0.2, 0.25) is 0 Å². The van der Waals surface area contributed by atoms with Crippen LogP contribution in [0.3, 0.4) is 0 Å². The summed E-state index contributed by atoms with van der Waals surface area (Å²) in [6.07, 6.45) is 3.21. The SMILES string of the molecule is CCNCC1CCC(CN(CC)Cc2ccccc2)O1. The molecule has 20 heavy (non-hydrogen) atoms. The van der Waals surface area contributed by atoms with Gasteiger partial charge in [-0.3, -0.25) is 4.90 Å². The Bertz CT molecular complexity index is 369. The van der Waals surface area contributed by atoms with E-state index in [4.69, 9.17) is 4.74 Å². The molecule has 0 aromatic heterocycles. The first-order valence-electron chi connectivity index (χ1n) is 7.94. The molecule has 2 atom stereocenters. The fourth-order valence-corrected chi connectivity index (χ4v) is 2.80. The highest BCUT2D eigenvalue weighted by molar-refractivity contribution is 5.14. The Labute approximate surface area is 123 Å². The lowest BCUT2D eigenvalue weighted by Gasteiger charge is -2.24. The largest absolute Gasteiger partial charge is 0.372 e. The van der Waals surface area contributed by atoms with Crippen LogP contribution in [0.4, 0.5) is 0 Å². The van der Waals surface area contributed by atoms with E-state index in [2.05, 4.69) is 54.4 Å². The van der Waals surface area contributed by atoms with Gasteiger partial charge < -0.3 is 10.1 Å². The van der Waals surface area contributed by atoms with Gasteiger partial charge in [-0.25, -0.2) is 0 Å². The lowest BCUT2D eigenvalue weighted by atomic mass is 10.1. The van der Waals surface area contributed by atoms with Crippen molar-refractivity contribution in [2.45, 2.75) is 45.4 Å². The third-order valence-corrected chi connectivity index (χ3v) is 3.98. The molecule has 1 aliphatic heterocycles. The number of hydrogen-bond acceptors (Lipinski definition) is 3. The van der Waals surface area contributed by atoms with Crippen molar-refractivity contribution < 1.29 is 4.74 Å². The summed E-state index contributed by atoms with van der Waals surface area (Å²) in [5.41, 5.74) is 1.39. The van der Waals surface area contributed by atoms with Gasteiger partial charge >= 0.3 is 0 Å². The third kappa shape index (κ3) is 4.89. The fourth-order valence-electron chi connectivity index (χ4n) is 2.80. The molecule has 3 nitrogen and oxygen atoms in total. The van der Waals surface area contributed by atoms with Gasteiger partial charge in [0.1, 0.15) is 0 Å². The first-order valence-corrected chi connectivity index (χ1v) is 7.94. The zero-order valence-electron chi connectivity index (χ0n) is 12.8. The maximum atomic E-state index is 6.13. The first-order chi connectivity index (χ1) is 9.81. The summed E-state index contributed by atoms with van der Waals surface area (Å²) in [7, 11) is 0. The summed E-state index contributed by atoms with van der Waals surface area (Å²) in [4.78, 5) is 2.48. The zero-order valence-corrected chi connectivity index (χ0v) is 12.8. The summed E-state index contributed by atoms with van der Waals surface area (Å²) in [5, 5.41) is 3.38. The molecule has 1 N–H and O–H groups in total. The number of nitrogens with one attached hydrogen (secondary N) is 1. The van der Waals surface area contributed by atoms with Crippen LogP contribution in [0.1, 0.15) is 32.3 Å². The molecular formula is C17H28N2O. The molecule has 2 unspecified atom stereocenters. The minimum atomic E-state index is 0.405. The van der Waals surface area contributed by atoms with E-state index >= 15 is 0 Å². The standard InChI is InChI=1S/C17H28N2O/c1-3-18-12-16-10-11-17(20-16)14-19(4-2)13-15-8-6-5-7-9-15/h5-9,16-18H,3-4,10-14H2,1-2H3. The lowest BCUT2D eigenvalue weighted by molar-refractivity contribution is 0.0230. The Morgan fingerprint density at radius 3 is 2.60 bits per heavy atom. The number of rotatable bonds is 8. The topological polar surface area (TPSA) is 24.5 Å². The van der Waals surface area contributed by atoms with Crippen LogP contribution in [-0.2, 0) is 11.3 Å². The van der Waals surface area contributed by atoms with Gasteiger partial charge in [0.25, 0.3) is 0 Å². The summed E-state index contributed by atoms with van der Waals surface area (Å²) in [6.45, 7) is 9.55. The molecule has 0 spiro atoms. The van der Waals surface area contributed by atoms with E-state index in [0.717, 1.165) is 32.7 Å². The minimum Gasteiger partial charge on any atom is -0.372 e. The minimum absolute atomic E-state index is 0.405. The van der Waals surface area contributed by atoms with E-state index < -0.39 is 0 Å². The van der Waals surface area contributed by atoms with E-state index in [0.29, 0.717) is 12.2 Å². The highest BCUT2D eigenvalue weighted by atomic mass is 16.5. The molecule has 1 saturated heterocycles. The molecule has 1 fully saturated rings. The quantitative estimate of drug-likeness (QED) is 0.790. The molecule has 0 amide bonds. The number of ether oxygens (including phenoxy) is 1. The average molecular weight is 276 g/mol. The lowest BCUT2D eigenvalue weighted by Crippen LogP contribution is -2.33. The molecule has 1 aromatic rings. The zero-order chi connectivity index (χ0) is 14.2. The highest BCUT2D eigenvalue weighted by Gasteiger charge is 2.26. The predicted octanol–water partition coefficient (Wildman–Crippen LogP) is 2.67. The maximum absolute atomic E-state index is 6.13. The van der Waals surface area contributed by atoms with E-state index in [1.165, 1.54) is 18.4 Å². The van der Waals surface area contributed by atoms with Crippen LogP contribution in [0.5, 0.6) is 0 Å². The molecule has 0 saturated carbocycles. The molecule has 0 radical (unpaired) electrons. The van der Waals surface area contributed by atoms with E-state index in [-0.39, 0.29) is 0 Å². The number of nitrogens with zero attached hydrogens (tertiary/aromatic N) is 1. The summed E-state index contributed by atoms with van der Waals surface area (Å²) >= 11 is 0. The van der Waals surface area contributed by atoms with Crippen molar-refractivity contribution in [3.8, 4) is 0 Å². The Morgan fingerprint density at radius 2 is 1.90 bits per heavy atom. The molecule has 1 aromatic carbocycles. The van der Waals surface area contributed by atoms with Crippen LogP contribution in [0, 0.1) is 0 Å². The molecule has 2 rings (SSSR count). The second-order valence-electron chi connectivity index (χ2n) is 5.58. The normalized spacial score (nSPS) is 22.6. The van der Waals surface area contributed by atoms with Crippen molar-refractivity contribution in [1.82, 2.24) is 10.2 Å². The van der Waals surface area contributed by atoms with Crippen molar-refractivity contribution in [3.05, 3.63) is 35.9 Å². The van der Waals surface area contributed by atoms with Gasteiger partial charge in [-0.05, 0) is 31.5 Å². The van der Waals surface area contributed by atoms with Gasteiger partial charge in [-0.15, -0.1) is 0 Å². The highest BCUT2D eigenvalue weighted by Crippen LogP contribution is 2.20. The van der Waals surface area contributed by atoms with E-state index in [9.17, 15) is 0 Å². The van der Waals surface area contributed by atoms with E-state index in [1.54, 1.807) is 0 Å². The monoisotopic (exact) mass is 276 g/mol. The van der Waals surface area contributed by atoms with Crippen LogP contribution in [0.25, 0.3) is 0 Å². The number of hydrogen-bond donors (Lipinski definition) is 1. The summed E-state index contributed by atoms with van der Waals surface area (Å²) in [6, 6.07) is 10.7. The smallest absolute Gasteiger partial charge is 0.0707 e. The summed E-state index contributed by atoms with van der Waals surface area (Å²) < 4.78 is 6.13. The Morgan fingerprint density at radius 1 is 1.15 bits per heavy atom. The van der Waals surface area contributed by atoms with Gasteiger partial charge in [-0.2, -0.15) is 0 Å². The second kappa shape index (κ2) is 8.40. The first kappa shape index (κ1) is 15.5. The van der Waals surface area contributed by atoms with Crippen molar-refractivity contribution in [1.29, 1.82) is 0 Å². The maximum Gasteiger partial charge on any atom is 0.0707 e. The second-order valence-corrected chi connectivity index (χ2v) is 5.58. The van der Waals surface area contributed by atoms with Crippen molar-refractivity contribution in [3.63, 3.8) is 0 Å². The van der Waals surface area contributed by atoms with Crippen molar-refractivity contribution in [2.24, 2.45) is 0 Å². The summed E-state index contributed by atoms with van der Waals surface area (Å²) in [5.74, 6) is 0. The van der Waals surface area contributed by atoms with Crippen LogP contribution < -0.4 is 5.32 Å². The van der Waals surface area contributed by atoms with Crippen LogP contribution in [0.15, 0.2) is 30.3 Å². The predicted molar refractivity (Wildman–Crippen MR) is 83.8 cm³/mol. The molecule has 0 bridgehead atoms. The number of likely N-dealkylation sites (N-methyl/N-ethyl adjacent to an activating group) is 2. The molecule has 112 valence electrons. The van der Waals surface area contributed by atoms with Gasteiger partial charge in [0, 0.05) is 19.6 Å². The third-order valence-electron chi connectivity index (χ3n) is 3.98. The Balaban J connectivity index is 1.76. The molecule has 3 heteroatoms. The average Bonchev–Trinajstić information content (AvgIpc) is 2.93. The van der Waals surface area contributed by atoms with Crippen LogP contribution >= 0.6 is 0 Å². The van der Waals surface area contributed by atoms with Gasteiger partial charge in [0.15, 0.2) is 0 Å². The molecule has 0 aliphatic carbocycles. The van der Waals surface area contributed by atoms with Crippen LogP contribution in [-0.4, -0.2) is 43.3 Å². The Hall–Kier alpha value is -0.900. The van der Waals surface area contributed by atoms with Crippen molar-refractivity contribution in [2.75, 3.05) is 26.2 Å². The number of benzene rings is 1. The van der Waals surface area contributed by atoms with Crippen LogP contribution in [0.2, 0.25) is 0 Å². The van der Waals surface area contributed by atoms with E-state index in [1.807, 2.05) is 0 Å². The molecule has 1 aliphatic rings. The van der Waals surface area contributed by atoms with Gasteiger partial charge in [-0.1, -0.05) is 44.2 Å². The fraction of sp³-hybridized carbons (Fsp3) is 0.647. The Kier molecular flexibility index (Phi) is 6.51. The van der Waals surface area contributed by atoms with Crippen molar-refractivity contribution >= 4 is 0 Å². The molecule has 1 heterocycles. The van der Waals surface area contributed by atoms with Gasteiger partial charge in [0.05, 0.1) is 12.2 Å².